The molecule has 0 saturated carbocycles. The van der Waals surface area contributed by atoms with E-state index in [-0.39, 0.29) is 30.2 Å². The number of amides is 2. The van der Waals surface area contributed by atoms with Crippen molar-refractivity contribution < 1.29 is 14.0 Å². The molecule has 0 spiro atoms. The molecule has 2 aromatic rings. The van der Waals surface area contributed by atoms with E-state index in [9.17, 15) is 14.0 Å². The molecule has 0 heterocycles. The van der Waals surface area contributed by atoms with Gasteiger partial charge in [-0.15, -0.1) is 0 Å². The van der Waals surface area contributed by atoms with Crippen molar-refractivity contribution in [2.45, 2.75) is 65.6 Å². The minimum absolute atomic E-state index is 0.0419. The number of rotatable bonds is 9. The Balaban J connectivity index is 2.13. The standard InChI is InChI=1S/C24H31FN2O2/c1-5-18(3)26-24(29)19(4)27(16-21-10-13-22(25)14-11-21)23(28)15-12-20-8-6-17(2)7-9-20/h6-11,13-14,18-19H,5,12,15-16H2,1-4H3,(H,26,29). The molecule has 5 heteroatoms. The van der Waals surface area contributed by atoms with Crippen molar-refractivity contribution in [1.82, 2.24) is 10.2 Å². The summed E-state index contributed by atoms with van der Waals surface area (Å²) in [4.78, 5) is 27.3. The summed E-state index contributed by atoms with van der Waals surface area (Å²) in [7, 11) is 0. The highest BCUT2D eigenvalue weighted by Gasteiger charge is 2.26. The van der Waals surface area contributed by atoms with Crippen LogP contribution in [0.3, 0.4) is 0 Å². The van der Waals surface area contributed by atoms with Gasteiger partial charge in [-0.1, -0.05) is 48.9 Å². The Bertz CT molecular complexity index is 803. The summed E-state index contributed by atoms with van der Waals surface area (Å²) in [5.41, 5.74) is 3.05. The fraction of sp³-hybridized carbons (Fsp3) is 0.417. The maximum Gasteiger partial charge on any atom is 0.242 e. The Labute approximate surface area is 173 Å². The van der Waals surface area contributed by atoms with Crippen LogP contribution >= 0.6 is 0 Å². The molecule has 29 heavy (non-hydrogen) atoms. The summed E-state index contributed by atoms with van der Waals surface area (Å²) in [6.07, 6.45) is 1.74. The maximum atomic E-state index is 13.2. The van der Waals surface area contributed by atoms with Gasteiger partial charge < -0.3 is 10.2 Å². The molecule has 0 fully saturated rings. The van der Waals surface area contributed by atoms with Gasteiger partial charge >= 0.3 is 0 Å². The van der Waals surface area contributed by atoms with Crippen LogP contribution in [0.4, 0.5) is 4.39 Å². The molecule has 0 saturated heterocycles. The fourth-order valence-electron chi connectivity index (χ4n) is 2.98. The molecule has 2 rings (SSSR count). The van der Waals surface area contributed by atoms with Gasteiger partial charge in [-0.3, -0.25) is 9.59 Å². The van der Waals surface area contributed by atoms with E-state index in [0.29, 0.717) is 12.8 Å². The van der Waals surface area contributed by atoms with Crippen LogP contribution < -0.4 is 5.32 Å². The number of halogens is 1. The SMILES string of the molecule is CCC(C)NC(=O)C(C)N(Cc1ccc(F)cc1)C(=O)CCc1ccc(C)cc1. The fourth-order valence-corrected chi connectivity index (χ4v) is 2.98. The lowest BCUT2D eigenvalue weighted by Gasteiger charge is -2.29. The topological polar surface area (TPSA) is 49.4 Å². The molecule has 2 aromatic carbocycles. The molecule has 0 aliphatic rings. The van der Waals surface area contributed by atoms with Crippen LogP contribution in [-0.4, -0.2) is 28.8 Å². The summed E-state index contributed by atoms with van der Waals surface area (Å²) in [6, 6.07) is 13.6. The van der Waals surface area contributed by atoms with Gasteiger partial charge in [0.15, 0.2) is 0 Å². The molecule has 4 nitrogen and oxygen atoms in total. The van der Waals surface area contributed by atoms with Crippen LogP contribution in [0.2, 0.25) is 0 Å². The number of carbonyl (C=O) groups excluding carboxylic acids is 2. The number of nitrogens with zero attached hydrogens (tertiary/aromatic N) is 1. The summed E-state index contributed by atoms with van der Waals surface area (Å²) in [5, 5.41) is 2.95. The van der Waals surface area contributed by atoms with Gasteiger partial charge in [0, 0.05) is 19.0 Å². The van der Waals surface area contributed by atoms with Crippen molar-refractivity contribution in [2.75, 3.05) is 0 Å². The lowest BCUT2D eigenvalue weighted by molar-refractivity contribution is -0.140. The summed E-state index contributed by atoms with van der Waals surface area (Å²) in [6.45, 7) is 7.97. The number of nitrogens with one attached hydrogen (secondary N) is 1. The van der Waals surface area contributed by atoms with Crippen molar-refractivity contribution in [3.8, 4) is 0 Å². The number of hydrogen-bond acceptors (Lipinski definition) is 2. The molecule has 0 aliphatic carbocycles. The quantitative estimate of drug-likeness (QED) is 0.681. The first-order valence-electron chi connectivity index (χ1n) is 10.2. The molecular weight excluding hydrogens is 367 g/mol. The second kappa shape index (κ2) is 10.7. The average molecular weight is 399 g/mol. The highest BCUT2D eigenvalue weighted by molar-refractivity contribution is 5.87. The van der Waals surface area contributed by atoms with Gasteiger partial charge in [-0.2, -0.15) is 0 Å². The smallest absolute Gasteiger partial charge is 0.242 e. The van der Waals surface area contributed by atoms with Gasteiger partial charge in [0.1, 0.15) is 11.9 Å². The first-order valence-corrected chi connectivity index (χ1v) is 10.2. The van der Waals surface area contributed by atoms with Crippen molar-refractivity contribution in [3.05, 3.63) is 71.0 Å². The van der Waals surface area contributed by atoms with Crippen LogP contribution in [-0.2, 0) is 22.6 Å². The molecule has 0 bridgehead atoms. The van der Waals surface area contributed by atoms with Crippen LogP contribution in [0, 0.1) is 12.7 Å². The lowest BCUT2D eigenvalue weighted by atomic mass is 10.1. The van der Waals surface area contributed by atoms with Gasteiger partial charge in [0.2, 0.25) is 11.8 Å². The zero-order valence-electron chi connectivity index (χ0n) is 17.7. The maximum absolute atomic E-state index is 13.2. The highest BCUT2D eigenvalue weighted by atomic mass is 19.1. The summed E-state index contributed by atoms with van der Waals surface area (Å²) >= 11 is 0. The molecule has 0 aliphatic heterocycles. The molecule has 2 amide bonds. The number of benzene rings is 2. The van der Waals surface area contributed by atoms with E-state index in [4.69, 9.17) is 0 Å². The third kappa shape index (κ3) is 7.00. The third-order valence-corrected chi connectivity index (χ3v) is 5.18. The largest absolute Gasteiger partial charge is 0.352 e. The van der Waals surface area contributed by atoms with Crippen LogP contribution in [0.5, 0.6) is 0 Å². The number of aryl methyl sites for hydroxylation is 2. The van der Waals surface area contributed by atoms with Gasteiger partial charge in [-0.25, -0.2) is 4.39 Å². The zero-order valence-corrected chi connectivity index (χ0v) is 17.7. The van der Waals surface area contributed by atoms with E-state index < -0.39 is 6.04 Å². The van der Waals surface area contributed by atoms with Gasteiger partial charge in [0.25, 0.3) is 0 Å². The molecule has 0 aromatic heterocycles. The Kier molecular flexibility index (Phi) is 8.37. The monoisotopic (exact) mass is 398 g/mol. The van der Waals surface area contributed by atoms with Crippen molar-refractivity contribution >= 4 is 11.8 Å². The average Bonchev–Trinajstić information content (AvgIpc) is 2.72. The Hall–Kier alpha value is -2.69. The van der Waals surface area contributed by atoms with E-state index in [0.717, 1.165) is 17.5 Å². The van der Waals surface area contributed by atoms with Gasteiger partial charge in [-0.05, 0) is 56.9 Å². The van der Waals surface area contributed by atoms with E-state index in [1.807, 2.05) is 45.0 Å². The lowest BCUT2D eigenvalue weighted by Crippen LogP contribution is -2.49. The second-order valence-corrected chi connectivity index (χ2v) is 7.63. The summed E-state index contributed by atoms with van der Waals surface area (Å²) in [5.74, 6) is -0.597. The highest BCUT2D eigenvalue weighted by Crippen LogP contribution is 2.14. The molecular formula is C24H31FN2O2. The first kappa shape index (κ1) is 22.6. The molecule has 2 unspecified atom stereocenters. The van der Waals surface area contributed by atoms with Crippen molar-refractivity contribution in [1.29, 1.82) is 0 Å². The van der Waals surface area contributed by atoms with E-state index in [1.54, 1.807) is 24.0 Å². The van der Waals surface area contributed by atoms with Crippen molar-refractivity contribution in [2.24, 2.45) is 0 Å². The van der Waals surface area contributed by atoms with E-state index >= 15 is 0 Å². The Morgan fingerprint density at radius 2 is 1.59 bits per heavy atom. The van der Waals surface area contributed by atoms with Gasteiger partial charge in [0.05, 0.1) is 0 Å². The minimum Gasteiger partial charge on any atom is -0.352 e. The summed E-state index contributed by atoms with van der Waals surface area (Å²) < 4.78 is 13.2. The van der Waals surface area contributed by atoms with Crippen LogP contribution in [0.15, 0.2) is 48.5 Å². The Morgan fingerprint density at radius 1 is 1.00 bits per heavy atom. The minimum atomic E-state index is -0.612. The van der Waals surface area contributed by atoms with Crippen LogP contribution in [0.1, 0.15) is 50.3 Å². The number of hydrogen-bond donors (Lipinski definition) is 1. The van der Waals surface area contributed by atoms with E-state index in [2.05, 4.69) is 5.32 Å². The first-order chi connectivity index (χ1) is 13.8. The second-order valence-electron chi connectivity index (χ2n) is 7.63. The normalized spacial score (nSPS) is 12.9. The predicted octanol–water partition coefficient (Wildman–Crippen LogP) is 4.40. The molecule has 1 N–H and O–H groups in total. The van der Waals surface area contributed by atoms with Crippen LogP contribution in [0.25, 0.3) is 0 Å². The number of carbonyl (C=O) groups is 2. The zero-order chi connectivity index (χ0) is 21.4. The molecule has 0 radical (unpaired) electrons. The van der Waals surface area contributed by atoms with E-state index in [1.165, 1.54) is 17.7 Å². The molecule has 156 valence electrons. The Morgan fingerprint density at radius 3 is 2.17 bits per heavy atom. The predicted molar refractivity (Wildman–Crippen MR) is 114 cm³/mol. The van der Waals surface area contributed by atoms with Crippen molar-refractivity contribution in [3.63, 3.8) is 0 Å². The molecule has 2 atom stereocenters. The third-order valence-electron chi connectivity index (χ3n) is 5.18.